The molecule has 0 aliphatic rings. The number of nitrogens with zero attached hydrogens (tertiary/aromatic N) is 2. The van der Waals surface area contributed by atoms with Crippen LogP contribution in [0.4, 0.5) is 0 Å². The highest BCUT2D eigenvalue weighted by molar-refractivity contribution is 5.80. The minimum absolute atomic E-state index is 0.694. The maximum absolute atomic E-state index is 11.0. The molecule has 2 aromatic rings. The van der Waals surface area contributed by atoms with Crippen LogP contribution in [-0.2, 0) is 6.54 Å². The second kappa shape index (κ2) is 4.93. The quantitative estimate of drug-likeness (QED) is 0.815. The molecule has 0 fully saturated rings. The van der Waals surface area contributed by atoms with Gasteiger partial charge < -0.3 is 9.88 Å². The molecule has 4 nitrogen and oxygen atoms in total. The molecule has 0 aromatic carbocycles. The van der Waals surface area contributed by atoms with Gasteiger partial charge in [-0.05, 0) is 32.3 Å². The Morgan fingerprint density at radius 1 is 1.41 bits per heavy atom. The van der Waals surface area contributed by atoms with Crippen molar-refractivity contribution in [2.45, 2.75) is 6.54 Å². The Kier molecular flexibility index (Phi) is 3.35. The van der Waals surface area contributed by atoms with Crippen molar-refractivity contribution in [1.82, 2.24) is 14.9 Å². The summed E-state index contributed by atoms with van der Waals surface area (Å²) in [6.45, 7) is 0.709. The van der Waals surface area contributed by atoms with E-state index in [1.54, 1.807) is 6.20 Å². The van der Waals surface area contributed by atoms with Crippen molar-refractivity contribution < 1.29 is 4.79 Å². The number of nitrogens with one attached hydrogen (secondary N) is 1. The summed E-state index contributed by atoms with van der Waals surface area (Å²) in [7, 11) is 3.94. The third kappa shape index (κ3) is 2.60. The molecule has 2 aromatic heterocycles. The molecule has 1 N–H and O–H groups in total. The standard InChI is InChI=1S/C13H15N3O/c1-16(2)8-13-10(9-17)7-12(15-13)11-5-3-4-6-14-11/h3-7,9,15H,8H2,1-2H3. The van der Waals surface area contributed by atoms with Gasteiger partial charge in [0.2, 0.25) is 0 Å². The smallest absolute Gasteiger partial charge is 0.151 e. The summed E-state index contributed by atoms with van der Waals surface area (Å²) in [5, 5.41) is 0. The molecular weight excluding hydrogens is 214 g/mol. The number of pyridine rings is 1. The predicted octanol–water partition coefficient (Wildman–Crippen LogP) is 1.95. The first kappa shape index (κ1) is 11.5. The van der Waals surface area contributed by atoms with Crippen molar-refractivity contribution in [1.29, 1.82) is 0 Å². The van der Waals surface area contributed by atoms with E-state index in [1.165, 1.54) is 0 Å². The molecule has 0 aliphatic carbocycles. The Morgan fingerprint density at radius 2 is 2.24 bits per heavy atom. The monoisotopic (exact) mass is 229 g/mol. The van der Waals surface area contributed by atoms with Gasteiger partial charge in [0.15, 0.2) is 6.29 Å². The maximum atomic E-state index is 11.0. The van der Waals surface area contributed by atoms with Gasteiger partial charge in [-0.1, -0.05) is 6.07 Å². The lowest BCUT2D eigenvalue weighted by atomic mass is 10.2. The summed E-state index contributed by atoms with van der Waals surface area (Å²) in [6.07, 6.45) is 2.62. The van der Waals surface area contributed by atoms with Gasteiger partial charge in [0.1, 0.15) is 0 Å². The number of carbonyl (C=O) groups is 1. The lowest BCUT2D eigenvalue weighted by Crippen LogP contribution is -2.12. The average Bonchev–Trinajstić information content (AvgIpc) is 2.72. The first-order chi connectivity index (χ1) is 8.20. The second-order valence-electron chi connectivity index (χ2n) is 4.19. The fourth-order valence-electron chi connectivity index (χ4n) is 1.73. The number of hydrogen-bond acceptors (Lipinski definition) is 3. The fraction of sp³-hybridized carbons (Fsp3) is 0.231. The molecule has 0 saturated carbocycles. The first-order valence-electron chi connectivity index (χ1n) is 5.44. The molecular formula is C13H15N3O. The molecule has 2 rings (SSSR count). The van der Waals surface area contributed by atoms with Gasteiger partial charge >= 0.3 is 0 Å². The van der Waals surface area contributed by atoms with E-state index in [9.17, 15) is 4.79 Å². The fourth-order valence-corrected chi connectivity index (χ4v) is 1.73. The van der Waals surface area contributed by atoms with Crippen molar-refractivity contribution in [3.05, 3.63) is 41.7 Å². The van der Waals surface area contributed by atoms with Gasteiger partial charge in [-0.15, -0.1) is 0 Å². The third-order valence-corrected chi connectivity index (χ3v) is 2.48. The zero-order valence-corrected chi connectivity index (χ0v) is 9.97. The minimum atomic E-state index is 0.694. The van der Waals surface area contributed by atoms with E-state index >= 15 is 0 Å². The molecule has 0 spiro atoms. The molecule has 0 unspecified atom stereocenters. The van der Waals surface area contributed by atoms with Gasteiger partial charge in [-0.2, -0.15) is 0 Å². The van der Waals surface area contributed by atoms with E-state index in [4.69, 9.17) is 0 Å². The Labute approximate surface area is 100 Å². The number of carbonyl (C=O) groups excluding carboxylic acids is 1. The number of H-pyrrole nitrogens is 1. The van der Waals surface area contributed by atoms with Crippen LogP contribution in [0.2, 0.25) is 0 Å². The summed E-state index contributed by atoms with van der Waals surface area (Å²) < 4.78 is 0. The Bertz CT molecular complexity index is 503. The molecule has 88 valence electrons. The summed E-state index contributed by atoms with van der Waals surface area (Å²) in [6, 6.07) is 7.55. The van der Waals surface area contributed by atoms with E-state index in [1.807, 2.05) is 43.3 Å². The van der Waals surface area contributed by atoms with Crippen LogP contribution in [0.3, 0.4) is 0 Å². The number of aldehydes is 1. The van der Waals surface area contributed by atoms with Gasteiger partial charge in [0, 0.05) is 24.0 Å². The van der Waals surface area contributed by atoms with Crippen molar-refractivity contribution in [2.24, 2.45) is 0 Å². The molecule has 0 saturated heterocycles. The molecule has 0 aliphatic heterocycles. The van der Waals surface area contributed by atoms with Crippen LogP contribution in [0, 0.1) is 0 Å². The highest BCUT2D eigenvalue weighted by atomic mass is 16.1. The van der Waals surface area contributed by atoms with Gasteiger partial charge in [0.05, 0.1) is 11.4 Å². The highest BCUT2D eigenvalue weighted by Crippen LogP contribution is 2.19. The summed E-state index contributed by atoms with van der Waals surface area (Å²) in [4.78, 5) is 20.5. The predicted molar refractivity (Wildman–Crippen MR) is 66.8 cm³/mol. The SMILES string of the molecule is CN(C)Cc1[nH]c(-c2ccccn2)cc1C=O. The number of aromatic amines is 1. The normalized spacial score (nSPS) is 10.8. The van der Waals surface area contributed by atoms with E-state index < -0.39 is 0 Å². The molecule has 0 amide bonds. The van der Waals surface area contributed by atoms with Crippen LogP contribution in [0.5, 0.6) is 0 Å². The lowest BCUT2D eigenvalue weighted by molar-refractivity contribution is 0.112. The number of hydrogen-bond donors (Lipinski definition) is 1. The maximum Gasteiger partial charge on any atom is 0.151 e. The molecule has 0 atom stereocenters. The summed E-state index contributed by atoms with van der Waals surface area (Å²) in [5.74, 6) is 0. The van der Waals surface area contributed by atoms with E-state index in [0.29, 0.717) is 12.1 Å². The lowest BCUT2D eigenvalue weighted by Gasteiger charge is -2.08. The van der Waals surface area contributed by atoms with Crippen LogP contribution >= 0.6 is 0 Å². The van der Waals surface area contributed by atoms with Crippen LogP contribution in [0.25, 0.3) is 11.4 Å². The Balaban J connectivity index is 2.37. The average molecular weight is 229 g/mol. The zero-order chi connectivity index (χ0) is 12.3. The van der Waals surface area contributed by atoms with Crippen LogP contribution in [0.15, 0.2) is 30.5 Å². The number of rotatable bonds is 4. The Morgan fingerprint density at radius 3 is 2.82 bits per heavy atom. The van der Waals surface area contributed by atoms with Crippen molar-refractivity contribution >= 4 is 6.29 Å². The summed E-state index contributed by atoms with van der Waals surface area (Å²) in [5.41, 5.74) is 3.34. The first-order valence-corrected chi connectivity index (χ1v) is 5.44. The summed E-state index contributed by atoms with van der Waals surface area (Å²) >= 11 is 0. The van der Waals surface area contributed by atoms with E-state index in [0.717, 1.165) is 23.4 Å². The Hall–Kier alpha value is -1.94. The van der Waals surface area contributed by atoms with Crippen LogP contribution in [0.1, 0.15) is 16.1 Å². The van der Waals surface area contributed by atoms with Crippen molar-refractivity contribution in [2.75, 3.05) is 14.1 Å². The second-order valence-corrected chi connectivity index (χ2v) is 4.19. The number of aromatic nitrogens is 2. The van der Waals surface area contributed by atoms with Gasteiger partial charge in [-0.3, -0.25) is 9.78 Å². The van der Waals surface area contributed by atoms with Gasteiger partial charge in [-0.25, -0.2) is 0 Å². The van der Waals surface area contributed by atoms with Gasteiger partial charge in [0.25, 0.3) is 0 Å². The third-order valence-electron chi connectivity index (χ3n) is 2.48. The molecule has 17 heavy (non-hydrogen) atoms. The van der Waals surface area contributed by atoms with Crippen LogP contribution < -0.4 is 0 Å². The molecule has 0 bridgehead atoms. The van der Waals surface area contributed by atoms with E-state index in [2.05, 4.69) is 9.97 Å². The zero-order valence-electron chi connectivity index (χ0n) is 9.97. The molecule has 2 heterocycles. The molecule has 4 heteroatoms. The van der Waals surface area contributed by atoms with Crippen LogP contribution in [-0.4, -0.2) is 35.2 Å². The largest absolute Gasteiger partial charge is 0.355 e. The van der Waals surface area contributed by atoms with Crippen molar-refractivity contribution in [3.8, 4) is 11.4 Å². The minimum Gasteiger partial charge on any atom is -0.355 e. The topological polar surface area (TPSA) is 49.0 Å². The van der Waals surface area contributed by atoms with Crippen molar-refractivity contribution in [3.63, 3.8) is 0 Å². The van der Waals surface area contributed by atoms with E-state index in [-0.39, 0.29) is 0 Å². The molecule has 0 radical (unpaired) electrons. The highest BCUT2D eigenvalue weighted by Gasteiger charge is 2.10.